The number of hydrogen-bond donors (Lipinski definition) is 1. The fourth-order valence-corrected chi connectivity index (χ4v) is 2.09. The largest absolute Gasteiger partial charge is 0.367 e. The minimum atomic E-state index is 0.299. The highest BCUT2D eigenvalue weighted by atomic mass is 35.5. The SMILES string of the molecule is CCSCC(C)Nc1cc(C)nc(Cl)n1. The average molecular weight is 246 g/mol. The van der Waals surface area contributed by atoms with Crippen LogP contribution in [0.4, 0.5) is 5.82 Å². The smallest absolute Gasteiger partial charge is 0.224 e. The predicted octanol–water partition coefficient (Wildman–Crippen LogP) is 2.99. The van der Waals surface area contributed by atoms with Crippen molar-refractivity contribution in [3.8, 4) is 0 Å². The third kappa shape index (κ3) is 4.71. The second-order valence-corrected chi connectivity index (χ2v) is 5.03. The predicted molar refractivity (Wildman–Crippen MR) is 67.9 cm³/mol. The fraction of sp³-hybridized carbons (Fsp3) is 0.600. The van der Waals surface area contributed by atoms with Crippen LogP contribution >= 0.6 is 23.4 Å². The molecule has 0 aliphatic carbocycles. The third-order valence-electron chi connectivity index (χ3n) is 1.79. The summed E-state index contributed by atoms with van der Waals surface area (Å²) in [5, 5.41) is 3.60. The number of nitrogens with zero attached hydrogens (tertiary/aromatic N) is 2. The molecule has 5 heteroatoms. The van der Waals surface area contributed by atoms with E-state index in [2.05, 4.69) is 29.1 Å². The van der Waals surface area contributed by atoms with E-state index in [0.717, 1.165) is 23.0 Å². The summed E-state index contributed by atoms with van der Waals surface area (Å²) in [6.45, 7) is 6.20. The van der Waals surface area contributed by atoms with E-state index >= 15 is 0 Å². The van der Waals surface area contributed by atoms with Gasteiger partial charge in [0, 0.05) is 23.6 Å². The first kappa shape index (κ1) is 12.6. The van der Waals surface area contributed by atoms with Crippen LogP contribution in [0.3, 0.4) is 0 Å². The molecule has 1 N–H and O–H groups in total. The molecule has 0 bridgehead atoms. The summed E-state index contributed by atoms with van der Waals surface area (Å²) in [4.78, 5) is 8.13. The zero-order chi connectivity index (χ0) is 11.3. The van der Waals surface area contributed by atoms with E-state index in [1.54, 1.807) is 0 Å². The van der Waals surface area contributed by atoms with Gasteiger partial charge in [-0.25, -0.2) is 9.97 Å². The Bertz CT molecular complexity index is 299. The van der Waals surface area contributed by atoms with E-state index in [-0.39, 0.29) is 0 Å². The van der Waals surface area contributed by atoms with E-state index < -0.39 is 0 Å². The van der Waals surface area contributed by atoms with Gasteiger partial charge in [0.05, 0.1) is 0 Å². The zero-order valence-corrected chi connectivity index (χ0v) is 10.8. The van der Waals surface area contributed by atoms with E-state index in [0.29, 0.717) is 11.3 Å². The lowest BCUT2D eigenvalue weighted by atomic mass is 10.3. The highest BCUT2D eigenvalue weighted by Crippen LogP contribution is 2.12. The number of hydrogen-bond acceptors (Lipinski definition) is 4. The number of halogens is 1. The molecule has 0 aliphatic rings. The Kier molecular flexibility index (Phi) is 5.19. The third-order valence-corrected chi connectivity index (χ3v) is 3.11. The first-order chi connectivity index (χ1) is 7.11. The lowest BCUT2D eigenvalue weighted by Crippen LogP contribution is -2.19. The molecular weight excluding hydrogens is 230 g/mol. The zero-order valence-electron chi connectivity index (χ0n) is 9.25. The van der Waals surface area contributed by atoms with Crippen LogP contribution in [-0.2, 0) is 0 Å². The molecule has 1 aromatic heterocycles. The summed E-state index contributed by atoms with van der Waals surface area (Å²) in [7, 11) is 0. The number of anilines is 1. The van der Waals surface area contributed by atoms with Crippen LogP contribution in [0.1, 0.15) is 19.5 Å². The van der Waals surface area contributed by atoms with Crippen molar-refractivity contribution in [3.05, 3.63) is 17.0 Å². The Morgan fingerprint density at radius 1 is 1.53 bits per heavy atom. The van der Waals surface area contributed by atoms with Crippen molar-refractivity contribution in [2.24, 2.45) is 0 Å². The van der Waals surface area contributed by atoms with Gasteiger partial charge >= 0.3 is 0 Å². The molecule has 0 saturated carbocycles. The Labute approximate surface area is 100 Å². The van der Waals surface area contributed by atoms with Crippen molar-refractivity contribution >= 4 is 29.2 Å². The number of aryl methyl sites for hydroxylation is 1. The Morgan fingerprint density at radius 2 is 2.27 bits per heavy atom. The quantitative estimate of drug-likeness (QED) is 0.810. The van der Waals surface area contributed by atoms with Gasteiger partial charge in [-0.05, 0) is 31.2 Å². The maximum atomic E-state index is 5.77. The van der Waals surface area contributed by atoms with Crippen LogP contribution in [0.5, 0.6) is 0 Å². The van der Waals surface area contributed by atoms with Crippen LogP contribution in [0.2, 0.25) is 5.28 Å². The van der Waals surface area contributed by atoms with E-state index in [9.17, 15) is 0 Å². The van der Waals surface area contributed by atoms with E-state index in [1.165, 1.54) is 0 Å². The fourth-order valence-electron chi connectivity index (χ4n) is 1.20. The second kappa shape index (κ2) is 6.18. The van der Waals surface area contributed by atoms with Gasteiger partial charge in [0.25, 0.3) is 0 Å². The van der Waals surface area contributed by atoms with Gasteiger partial charge in [-0.2, -0.15) is 11.8 Å². The van der Waals surface area contributed by atoms with Crippen LogP contribution in [0, 0.1) is 6.92 Å². The summed E-state index contributed by atoms with van der Waals surface area (Å²) < 4.78 is 0. The molecule has 0 aromatic carbocycles. The summed E-state index contributed by atoms with van der Waals surface area (Å²) in [5.41, 5.74) is 0.882. The molecule has 1 atom stereocenters. The molecule has 0 radical (unpaired) electrons. The van der Waals surface area contributed by atoms with Gasteiger partial charge in [0.15, 0.2) is 0 Å². The minimum absolute atomic E-state index is 0.299. The highest BCUT2D eigenvalue weighted by molar-refractivity contribution is 7.99. The van der Waals surface area contributed by atoms with Crippen molar-refractivity contribution in [1.29, 1.82) is 0 Å². The Morgan fingerprint density at radius 3 is 2.87 bits per heavy atom. The molecule has 84 valence electrons. The van der Waals surface area contributed by atoms with Crippen molar-refractivity contribution in [3.63, 3.8) is 0 Å². The molecule has 1 heterocycles. The average Bonchev–Trinajstić information content (AvgIpc) is 2.13. The molecule has 0 aliphatic heterocycles. The maximum Gasteiger partial charge on any atom is 0.224 e. The van der Waals surface area contributed by atoms with Crippen LogP contribution in [-0.4, -0.2) is 27.5 Å². The van der Waals surface area contributed by atoms with E-state index in [1.807, 2.05) is 24.8 Å². The molecule has 15 heavy (non-hydrogen) atoms. The molecule has 1 rings (SSSR count). The standard InChI is InChI=1S/C10H16ClN3S/c1-4-15-6-8(3)12-9-5-7(2)13-10(11)14-9/h5,8H,4,6H2,1-3H3,(H,12,13,14). The summed E-state index contributed by atoms with van der Waals surface area (Å²) in [6.07, 6.45) is 0. The Hall–Kier alpha value is -0.480. The number of nitrogens with one attached hydrogen (secondary N) is 1. The van der Waals surface area contributed by atoms with Crippen molar-refractivity contribution in [2.75, 3.05) is 16.8 Å². The molecule has 0 saturated heterocycles. The molecule has 0 spiro atoms. The van der Waals surface area contributed by atoms with Crippen molar-refractivity contribution < 1.29 is 0 Å². The van der Waals surface area contributed by atoms with Gasteiger partial charge in [-0.15, -0.1) is 0 Å². The summed E-state index contributed by atoms with van der Waals surface area (Å²) in [6, 6.07) is 2.29. The van der Waals surface area contributed by atoms with E-state index in [4.69, 9.17) is 11.6 Å². The molecule has 0 fully saturated rings. The van der Waals surface area contributed by atoms with Crippen LogP contribution in [0.25, 0.3) is 0 Å². The molecular formula is C10H16ClN3S. The molecule has 0 amide bonds. The summed E-state index contributed by atoms with van der Waals surface area (Å²) in [5.74, 6) is 3.00. The Balaban J connectivity index is 2.56. The first-order valence-corrected chi connectivity index (χ1v) is 6.50. The maximum absolute atomic E-state index is 5.77. The molecule has 1 unspecified atom stereocenters. The van der Waals surface area contributed by atoms with Crippen LogP contribution < -0.4 is 5.32 Å². The summed E-state index contributed by atoms with van der Waals surface area (Å²) >= 11 is 7.68. The first-order valence-electron chi connectivity index (χ1n) is 4.97. The van der Waals surface area contributed by atoms with Gasteiger partial charge in [-0.3, -0.25) is 0 Å². The minimum Gasteiger partial charge on any atom is -0.367 e. The number of rotatable bonds is 5. The van der Waals surface area contributed by atoms with Crippen molar-refractivity contribution in [2.45, 2.75) is 26.8 Å². The van der Waals surface area contributed by atoms with Gasteiger partial charge in [0.1, 0.15) is 5.82 Å². The number of thioether (sulfide) groups is 1. The normalized spacial score (nSPS) is 12.5. The monoisotopic (exact) mass is 245 g/mol. The lowest BCUT2D eigenvalue weighted by Gasteiger charge is -2.13. The lowest BCUT2D eigenvalue weighted by molar-refractivity contribution is 0.896. The number of aromatic nitrogens is 2. The molecule has 3 nitrogen and oxygen atoms in total. The topological polar surface area (TPSA) is 37.8 Å². The molecule has 1 aromatic rings. The van der Waals surface area contributed by atoms with Gasteiger partial charge in [0.2, 0.25) is 5.28 Å². The second-order valence-electron chi connectivity index (χ2n) is 3.37. The van der Waals surface area contributed by atoms with Crippen molar-refractivity contribution in [1.82, 2.24) is 9.97 Å². The van der Waals surface area contributed by atoms with Gasteiger partial charge < -0.3 is 5.32 Å². The van der Waals surface area contributed by atoms with Gasteiger partial charge in [-0.1, -0.05) is 6.92 Å². The highest BCUT2D eigenvalue weighted by Gasteiger charge is 2.04. The van der Waals surface area contributed by atoms with Crippen LogP contribution in [0.15, 0.2) is 6.07 Å².